The molecule has 2 aliphatic rings. The molecule has 2 aromatic carbocycles. The Hall–Kier alpha value is -2.49. The lowest BCUT2D eigenvalue weighted by atomic mass is 10.2. The molecular weight excluding hydrogens is 455 g/mol. The lowest BCUT2D eigenvalue weighted by Crippen LogP contribution is -2.48. The zero-order valence-corrected chi connectivity index (χ0v) is 20.3. The summed E-state index contributed by atoms with van der Waals surface area (Å²) in [7, 11) is -3.59. The van der Waals surface area contributed by atoms with Crippen LogP contribution in [0.3, 0.4) is 0 Å². The summed E-state index contributed by atoms with van der Waals surface area (Å²) in [6.07, 6.45) is 3.85. The number of rotatable bonds is 7. The summed E-state index contributed by atoms with van der Waals surface area (Å²) in [4.78, 5) is 17.4. The molecule has 2 heterocycles. The number of sulfonamides is 1. The first kappa shape index (κ1) is 24.6. The average molecular weight is 489 g/mol. The third-order valence-electron chi connectivity index (χ3n) is 6.58. The molecule has 7 nitrogen and oxygen atoms in total. The third-order valence-corrected chi connectivity index (χ3v) is 8.47. The van der Waals surface area contributed by atoms with Gasteiger partial charge in [-0.3, -0.25) is 9.69 Å². The summed E-state index contributed by atoms with van der Waals surface area (Å²) in [5.74, 6) is -0.499. The minimum absolute atomic E-state index is 0.180. The van der Waals surface area contributed by atoms with Crippen LogP contribution in [0.1, 0.15) is 36.0 Å². The van der Waals surface area contributed by atoms with E-state index >= 15 is 0 Å². The van der Waals surface area contributed by atoms with Gasteiger partial charge in [-0.2, -0.15) is 4.31 Å². The predicted octanol–water partition coefficient (Wildman–Crippen LogP) is 2.94. The number of carbonyl (C=O) groups excluding carboxylic acids is 1. The number of piperazine rings is 1. The topological polar surface area (TPSA) is 73.0 Å². The minimum Gasteiger partial charge on any atom is -0.369 e. The van der Waals surface area contributed by atoms with Gasteiger partial charge < -0.3 is 10.2 Å². The Morgan fingerprint density at radius 1 is 0.882 bits per heavy atom. The van der Waals surface area contributed by atoms with E-state index in [0.717, 1.165) is 64.1 Å². The van der Waals surface area contributed by atoms with Crippen molar-refractivity contribution < 1.29 is 17.6 Å². The summed E-state index contributed by atoms with van der Waals surface area (Å²) in [5.41, 5.74) is 1.38. The molecule has 184 valence electrons. The van der Waals surface area contributed by atoms with Gasteiger partial charge in [0, 0.05) is 63.6 Å². The molecule has 2 saturated heterocycles. The van der Waals surface area contributed by atoms with Crippen molar-refractivity contribution in [3.8, 4) is 0 Å². The first-order valence-electron chi connectivity index (χ1n) is 12.0. The van der Waals surface area contributed by atoms with Gasteiger partial charge in [0.15, 0.2) is 0 Å². The highest BCUT2D eigenvalue weighted by Gasteiger charge is 2.26. The number of nitrogens with one attached hydrogen (secondary N) is 1. The van der Waals surface area contributed by atoms with Gasteiger partial charge in [0.25, 0.3) is 5.91 Å². The maximum atomic E-state index is 13.1. The summed E-state index contributed by atoms with van der Waals surface area (Å²) in [6, 6.07) is 12.9. The standard InChI is InChI=1S/C25H33FN4O3S/c26-22-8-10-23(11-9-22)29-18-16-28(17-19-29)15-12-27-25(31)21-6-5-7-24(20-21)34(32,33)30-13-3-1-2-4-14-30/h5-11,20H,1-4,12-19H2,(H,27,31). The maximum absolute atomic E-state index is 13.1. The first-order chi connectivity index (χ1) is 16.4. The molecule has 0 saturated carbocycles. The van der Waals surface area contributed by atoms with Crippen LogP contribution in [0.2, 0.25) is 0 Å². The maximum Gasteiger partial charge on any atom is 0.251 e. The fourth-order valence-electron chi connectivity index (χ4n) is 4.54. The highest BCUT2D eigenvalue weighted by molar-refractivity contribution is 7.89. The Balaban J connectivity index is 1.26. The van der Waals surface area contributed by atoms with Crippen molar-refractivity contribution in [1.29, 1.82) is 0 Å². The molecular formula is C25H33FN4O3S. The molecule has 0 bridgehead atoms. The second-order valence-corrected chi connectivity index (χ2v) is 10.8. The summed E-state index contributed by atoms with van der Waals surface area (Å²) < 4.78 is 40.8. The van der Waals surface area contributed by atoms with Crippen molar-refractivity contribution in [3.05, 3.63) is 59.9 Å². The van der Waals surface area contributed by atoms with Crippen molar-refractivity contribution in [2.75, 3.05) is 57.3 Å². The Morgan fingerprint density at radius 2 is 1.56 bits per heavy atom. The third kappa shape index (κ3) is 6.14. The molecule has 2 aliphatic heterocycles. The fraction of sp³-hybridized carbons (Fsp3) is 0.480. The number of halogens is 1. The largest absolute Gasteiger partial charge is 0.369 e. The molecule has 0 unspecified atom stereocenters. The van der Waals surface area contributed by atoms with Gasteiger partial charge in [0.2, 0.25) is 10.0 Å². The van der Waals surface area contributed by atoms with E-state index in [9.17, 15) is 17.6 Å². The Bertz CT molecular complexity index is 1060. The Kier molecular flexibility index (Phi) is 8.18. The Morgan fingerprint density at radius 3 is 2.24 bits per heavy atom. The molecule has 0 radical (unpaired) electrons. The van der Waals surface area contributed by atoms with Gasteiger partial charge in [-0.1, -0.05) is 18.9 Å². The van der Waals surface area contributed by atoms with Crippen LogP contribution < -0.4 is 10.2 Å². The van der Waals surface area contributed by atoms with E-state index in [2.05, 4.69) is 15.1 Å². The van der Waals surface area contributed by atoms with Gasteiger partial charge in [-0.15, -0.1) is 0 Å². The number of carbonyl (C=O) groups is 1. The summed E-state index contributed by atoms with van der Waals surface area (Å²) in [5, 5.41) is 2.92. The number of hydrogen-bond donors (Lipinski definition) is 1. The van der Waals surface area contributed by atoms with Crippen molar-refractivity contribution >= 4 is 21.6 Å². The number of benzene rings is 2. The second-order valence-electron chi connectivity index (χ2n) is 8.91. The van der Waals surface area contributed by atoms with Crippen LogP contribution in [0.15, 0.2) is 53.4 Å². The number of hydrogen-bond acceptors (Lipinski definition) is 5. The van der Waals surface area contributed by atoms with E-state index in [4.69, 9.17) is 0 Å². The molecule has 2 fully saturated rings. The molecule has 0 aromatic heterocycles. The molecule has 1 amide bonds. The highest BCUT2D eigenvalue weighted by atomic mass is 32.2. The van der Waals surface area contributed by atoms with Gasteiger partial charge >= 0.3 is 0 Å². The SMILES string of the molecule is O=C(NCCN1CCN(c2ccc(F)cc2)CC1)c1cccc(S(=O)(=O)N2CCCCCC2)c1. The van der Waals surface area contributed by atoms with Gasteiger partial charge in [0.1, 0.15) is 5.82 Å². The van der Waals surface area contributed by atoms with Gasteiger partial charge in [-0.25, -0.2) is 12.8 Å². The first-order valence-corrected chi connectivity index (χ1v) is 13.5. The lowest BCUT2D eigenvalue weighted by molar-refractivity contribution is 0.0947. The number of anilines is 1. The number of amides is 1. The van der Waals surface area contributed by atoms with E-state index in [1.807, 2.05) is 0 Å². The zero-order valence-electron chi connectivity index (χ0n) is 19.5. The lowest BCUT2D eigenvalue weighted by Gasteiger charge is -2.36. The van der Waals surface area contributed by atoms with Crippen LogP contribution in [0.25, 0.3) is 0 Å². The van der Waals surface area contributed by atoms with Crippen molar-refractivity contribution in [1.82, 2.24) is 14.5 Å². The van der Waals surface area contributed by atoms with Crippen molar-refractivity contribution in [3.63, 3.8) is 0 Å². The van der Waals surface area contributed by atoms with E-state index in [0.29, 0.717) is 25.2 Å². The molecule has 0 aliphatic carbocycles. The van der Waals surface area contributed by atoms with Crippen LogP contribution in [0.5, 0.6) is 0 Å². The van der Waals surface area contributed by atoms with Crippen LogP contribution >= 0.6 is 0 Å². The highest BCUT2D eigenvalue weighted by Crippen LogP contribution is 2.21. The fourth-order valence-corrected chi connectivity index (χ4v) is 6.10. The molecule has 1 N–H and O–H groups in total. The smallest absolute Gasteiger partial charge is 0.251 e. The molecule has 0 spiro atoms. The summed E-state index contributed by atoms with van der Waals surface area (Å²) in [6.45, 7) is 5.67. The quantitative estimate of drug-likeness (QED) is 0.649. The molecule has 0 atom stereocenters. The van der Waals surface area contributed by atoms with E-state index in [1.54, 1.807) is 34.6 Å². The van der Waals surface area contributed by atoms with E-state index in [-0.39, 0.29) is 16.6 Å². The van der Waals surface area contributed by atoms with Crippen LogP contribution in [0, 0.1) is 5.82 Å². The van der Waals surface area contributed by atoms with Crippen LogP contribution in [-0.2, 0) is 10.0 Å². The molecule has 4 rings (SSSR count). The van der Waals surface area contributed by atoms with Crippen LogP contribution in [-0.4, -0.2) is 75.9 Å². The van der Waals surface area contributed by atoms with Gasteiger partial charge in [0.05, 0.1) is 4.90 Å². The normalized spacial score (nSPS) is 18.4. The summed E-state index contributed by atoms with van der Waals surface area (Å²) >= 11 is 0. The van der Waals surface area contributed by atoms with E-state index < -0.39 is 10.0 Å². The van der Waals surface area contributed by atoms with Crippen LogP contribution in [0.4, 0.5) is 10.1 Å². The van der Waals surface area contributed by atoms with E-state index in [1.165, 1.54) is 18.2 Å². The molecule has 34 heavy (non-hydrogen) atoms. The average Bonchev–Trinajstić information content (AvgIpc) is 3.15. The van der Waals surface area contributed by atoms with Crippen molar-refractivity contribution in [2.24, 2.45) is 0 Å². The monoisotopic (exact) mass is 488 g/mol. The zero-order chi connectivity index (χ0) is 24.0. The molecule has 2 aromatic rings. The second kappa shape index (κ2) is 11.3. The number of nitrogens with zero attached hydrogens (tertiary/aromatic N) is 3. The Labute approximate surface area is 201 Å². The predicted molar refractivity (Wildman–Crippen MR) is 131 cm³/mol. The van der Waals surface area contributed by atoms with Crippen molar-refractivity contribution in [2.45, 2.75) is 30.6 Å². The molecule has 9 heteroatoms. The van der Waals surface area contributed by atoms with Gasteiger partial charge in [-0.05, 0) is 55.3 Å². The minimum atomic E-state index is -3.59.